The Labute approximate surface area is 71.5 Å². The van der Waals surface area contributed by atoms with Crippen molar-refractivity contribution < 1.29 is 9.59 Å². The zero-order valence-corrected chi connectivity index (χ0v) is 7.22. The van der Waals surface area contributed by atoms with Crippen LogP contribution in [0.5, 0.6) is 0 Å². The second-order valence-electron chi connectivity index (χ2n) is 4.26. The fourth-order valence-corrected chi connectivity index (χ4v) is 1.88. The molecule has 2 fully saturated rings. The van der Waals surface area contributed by atoms with Gasteiger partial charge < -0.3 is 0 Å². The topological polar surface area (TPSA) is 46.2 Å². The van der Waals surface area contributed by atoms with Crippen molar-refractivity contribution in [2.45, 2.75) is 32.6 Å². The first-order chi connectivity index (χ1) is 5.60. The predicted octanol–water partition coefficient (Wildman–Crippen LogP) is 0.839. The summed E-state index contributed by atoms with van der Waals surface area (Å²) in [5.74, 6) is 0.522. The molecule has 0 aromatic heterocycles. The third-order valence-corrected chi connectivity index (χ3v) is 2.79. The van der Waals surface area contributed by atoms with Gasteiger partial charge in [-0.3, -0.25) is 14.9 Å². The summed E-state index contributed by atoms with van der Waals surface area (Å²) in [6.45, 7) is 1.89. The van der Waals surface area contributed by atoms with E-state index in [2.05, 4.69) is 5.32 Å². The summed E-state index contributed by atoms with van der Waals surface area (Å²) in [6, 6.07) is 0. The minimum atomic E-state index is -0.391. The van der Waals surface area contributed by atoms with E-state index in [4.69, 9.17) is 0 Å². The maximum absolute atomic E-state index is 11.3. The molecule has 1 aliphatic heterocycles. The highest BCUT2D eigenvalue weighted by molar-refractivity contribution is 6.05. The molecule has 66 valence electrons. The highest BCUT2D eigenvalue weighted by atomic mass is 16.2. The molecule has 3 heteroatoms. The molecule has 12 heavy (non-hydrogen) atoms. The Balaban J connectivity index is 2.07. The molecule has 1 heterocycles. The van der Waals surface area contributed by atoms with Crippen molar-refractivity contribution in [3.63, 3.8) is 0 Å². The first-order valence-corrected chi connectivity index (χ1v) is 4.44. The van der Waals surface area contributed by atoms with E-state index in [1.165, 1.54) is 12.8 Å². The van der Waals surface area contributed by atoms with Crippen molar-refractivity contribution in [3.05, 3.63) is 0 Å². The lowest BCUT2D eigenvalue weighted by Crippen LogP contribution is -2.29. The Morgan fingerprint density at radius 3 is 2.58 bits per heavy atom. The van der Waals surface area contributed by atoms with E-state index in [1.807, 2.05) is 6.92 Å². The monoisotopic (exact) mass is 167 g/mol. The molecule has 0 radical (unpaired) electrons. The molecule has 0 aromatic carbocycles. The number of nitrogens with one attached hydrogen (secondary N) is 1. The average molecular weight is 167 g/mol. The Hall–Kier alpha value is -0.860. The Morgan fingerprint density at radius 2 is 2.17 bits per heavy atom. The molecule has 3 nitrogen and oxygen atoms in total. The number of imide groups is 1. The third-order valence-electron chi connectivity index (χ3n) is 2.79. The molecular formula is C9H13NO2. The lowest BCUT2D eigenvalue weighted by Gasteiger charge is -2.18. The largest absolute Gasteiger partial charge is 0.296 e. The zero-order chi connectivity index (χ0) is 8.77. The summed E-state index contributed by atoms with van der Waals surface area (Å²) in [4.78, 5) is 22.3. The second kappa shape index (κ2) is 2.31. The van der Waals surface area contributed by atoms with Crippen LogP contribution in [0.3, 0.4) is 0 Å². The molecule has 1 unspecified atom stereocenters. The average Bonchev–Trinajstić information content (AvgIpc) is 2.65. The molecule has 1 saturated heterocycles. The number of hydrogen-bond acceptors (Lipinski definition) is 2. The lowest BCUT2D eigenvalue weighted by atomic mass is 9.83. The molecule has 0 aromatic rings. The first-order valence-electron chi connectivity index (χ1n) is 4.44. The fraction of sp³-hybridized carbons (Fsp3) is 0.778. The highest BCUT2D eigenvalue weighted by Crippen LogP contribution is 2.43. The fourth-order valence-electron chi connectivity index (χ4n) is 1.88. The summed E-state index contributed by atoms with van der Waals surface area (Å²) in [5.41, 5.74) is -0.391. The van der Waals surface area contributed by atoms with Crippen LogP contribution >= 0.6 is 0 Å². The molecule has 2 amide bonds. The van der Waals surface area contributed by atoms with Crippen LogP contribution in [0.25, 0.3) is 0 Å². The van der Waals surface area contributed by atoms with Crippen molar-refractivity contribution in [2.24, 2.45) is 11.3 Å². The lowest BCUT2D eigenvalue weighted by molar-refractivity contribution is -0.128. The van der Waals surface area contributed by atoms with Gasteiger partial charge in [-0.25, -0.2) is 0 Å². The number of rotatable bonds is 2. The Bertz CT molecular complexity index is 245. The number of hydrogen-bond donors (Lipinski definition) is 1. The minimum Gasteiger partial charge on any atom is -0.296 e. The maximum Gasteiger partial charge on any atom is 0.233 e. The number of carbonyl (C=O) groups is 2. The first kappa shape index (κ1) is 7.77. The highest BCUT2D eigenvalue weighted by Gasteiger charge is 2.45. The van der Waals surface area contributed by atoms with Crippen molar-refractivity contribution in [3.8, 4) is 0 Å². The van der Waals surface area contributed by atoms with Crippen LogP contribution in [-0.2, 0) is 9.59 Å². The van der Waals surface area contributed by atoms with E-state index < -0.39 is 5.41 Å². The van der Waals surface area contributed by atoms with Gasteiger partial charge in [-0.1, -0.05) is 19.8 Å². The molecule has 2 aliphatic rings. The summed E-state index contributed by atoms with van der Waals surface area (Å²) < 4.78 is 0. The molecule has 0 spiro atoms. The second-order valence-corrected chi connectivity index (χ2v) is 4.26. The van der Waals surface area contributed by atoms with Gasteiger partial charge in [0.25, 0.3) is 0 Å². The van der Waals surface area contributed by atoms with Gasteiger partial charge in [0.1, 0.15) is 0 Å². The normalized spacial score (nSPS) is 35.4. The summed E-state index contributed by atoms with van der Waals surface area (Å²) in [5, 5.41) is 2.36. The molecular weight excluding hydrogens is 154 g/mol. The van der Waals surface area contributed by atoms with Gasteiger partial charge in [0.15, 0.2) is 0 Å². The zero-order valence-electron chi connectivity index (χ0n) is 7.22. The van der Waals surface area contributed by atoms with E-state index in [9.17, 15) is 9.59 Å². The molecule has 0 bridgehead atoms. The SMILES string of the molecule is CC1(CC2CC2)CC(=O)NC1=O. The maximum atomic E-state index is 11.3. The Morgan fingerprint density at radius 1 is 1.50 bits per heavy atom. The number of amides is 2. The van der Waals surface area contributed by atoms with E-state index in [1.54, 1.807) is 0 Å². The van der Waals surface area contributed by atoms with Crippen LogP contribution in [0, 0.1) is 11.3 Å². The van der Waals surface area contributed by atoms with Crippen molar-refractivity contribution in [1.82, 2.24) is 5.32 Å². The van der Waals surface area contributed by atoms with Crippen LogP contribution in [-0.4, -0.2) is 11.8 Å². The molecule has 1 aliphatic carbocycles. The van der Waals surface area contributed by atoms with E-state index in [-0.39, 0.29) is 11.8 Å². The van der Waals surface area contributed by atoms with Crippen molar-refractivity contribution in [1.29, 1.82) is 0 Å². The van der Waals surface area contributed by atoms with Gasteiger partial charge in [0.2, 0.25) is 11.8 Å². The van der Waals surface area contributed by atoms with Crippen molar-refractivity contribution in [2.75, 3.05) is 0 Å². The summed E-state index contributed by atoms with van der Waals surface area (Å²) >= 11 is 0. The Kier molecular flexibility index (Phi) is 1.50. The van der Waals surface area contributed by atoms with Crippen LogP contribution in [0.4, 0.5) is 0 Å². The van der Waals surface area contributed by atoms with Crippen LogP contribution in [0.1, 0.15) is 32.6 Å². The van der Waals surface area contributed by atoms with Gasteiger partial charge >= 0.3 is 0 Å². The third kappa shape index (κ3) is 1.24. The van der Waals surface area contributed by atoms with Crippen molar-refractivity contribution >= 4 is 11.8 Å². The molecule has 2 rings (SSSR count). The smallest absolute Gasteiger partial charge is 0.233 e. The van der Waals surface area contributed by atoms with Gasteiger partial charge in [-0.2, -0.15) is 0 Å². The number of carbonyl (C=O) groups excluding carboxylic acids is 2. The quantitative estimate of drug-likeness (QED) is 0.619. The molecule has 1 atom stereocenters. The summed E-state index contributed by atoms with van der Waals surface area (Å²) in [6.07, 6.45) is 3.75. The van der Waals surface area contributed by atoms with E-state index in [0.717, 1.165) is 6.42 Å². The van der Waals surface area contributed by atoms with Gasteiger partial charge in [-0.05, 0) is 12.3 Å². The van der Waals surface area contributed by atoms with E-state index in [0.29, 0.717) is 12.3 Å². The van der Waals surface area contributed by atoms with Gasteiger partial charge in [0.05, 0.1) is 5.41 Å². The van der Waals surface area contributed by atoms with Gasteiger partial charge in [0, 0.05) is 6.42 Å². The molecule has 1 N–H and O–H groups in total. The van der Waals surface area contributed by atoms with Gasteiger partial charge in [-0.15, -0.1) is 0 Å². The van der Waals surface area contributed by atoms with Crippen LogP contribution < -0.4 is 5.32 Å². The summed E-state index contributed by atoms with van der Waals surface area (Å²) in [7, 11) is 0. The minimum absolute atomic E-state index is 0.0700. The van der Waals surface area contributed by atoms with E-state index >= 15 is 0 Å². The standard InChI is InChI=1S/C9H13NO2/c1-9(4-6-2-3-6)5-7(11)10-8(9)12/h6H,2-5H2,1H3,(H,10,11,12). The predicted molar refractivity (Wildman–Crippen MR) is 43.2 cm³/mol. The van der Waals surface area contributed by atoms with Crippen LogP contribution in [0.2, 0.25) is 0 Å². The molecule has 1 saturated carbocycles. The van der Waals surface area contributed by atoms with Crippen LogP contribution in [0.15, 0.2) is 0 Å².